The molecule has 8 nitrogen and oxygen atoms in total. The summed E-state index contributed by atoms with van der Waals surface area (Å²) < 4.78 is 29.6. The highest BCUT2D eigenvalue weighted by molar-refractivity contribution is 5.95. The number of rotatable bonds is 7. The summed E-state index contributed by atoms with van der Waals surface area (Å²) in [6, 6.07) is 19.0. The molecule has 178 valence electrons. The number of hydrogen-bond donors (Lipinski definition) is 2. The van der Waals surface area contributed by atoms with Gasteiger partial charge in [-0.15, -0.1) is 0 Å². The van der Waals surface area contributed by atoms with E-state index in [1.54, 1.807) is 42.5 Å². The van der Waals surface area contributed by atoms with Crippen LogP contribution < -0.4 is 26.0 Å². The standard InChI is InChI=1S/C26H21FN2O6/c1-16-12-25(31)35-23-13-19(10-11-20(16)23)33-14-17-6-8-18(9-7-17)26(32)29-28-24(30)15-34-22-5-3-2-4-21(22)27/h2-13H,14-15H2,1H3,(H,28,30)(H,29,32). The minimum atomic E-state index is -0.645. The van der Waals surface area contributed by atoms with Gasteiger partial charge in [-0.05, 0) is 54.4 Å². The molecule has 35 heavy (non-hydrogen) atoms. The van der Waals surface area contributed by atoms with Crippen molar-refractivity contribution in [3.05, 3.63) is 106 Å². The van der Waals surface area contributed by atoms with E-state index in [1.165, 1.54) is 24.3 Å². The number of halogens is 1. The molecule has 0 fully saturated rings. The van der Waals surface area contributed by atoms with Crippen LogP contribution in [0.25, 0.3) is 11.0 Å². The molecular weight excluding hydrogens is 455 g/mol. The topological polar surface area (TPSA) is 107 Å². The lowest BCUT2D eigenvalue weighted by Crippen LogP contribution is -2.43. The fourth-order valence-corrected chi connectivity index (χ4v) is 3.25. The number of carbonyl (C=O) groups is 2. The van der Waals surface area contributed by atoms with Crippen LogP contribution in [0.2, 0.25) is 0 Å². The lowest BCUT2D eigenvalue weighted by molar-refractivity contribution is -0.123. The SMILES string of the molecule is Cc1cc(=O)oc2cc(OCc3ccc(C(=O)NNC(=O)COc4ccccc4F)cc3)ccc12. The molecule has 1 heterocycles. The van der Waals surface area contributed by atoms with Gasteiger partial charge in [-0.25, -0.2) is 9.18 Å². The van der Waals surface area contributed by atoms with Crippen LogP contribution in [0.1, 0.15) is 21.5 Å². The Morgan fingerprint density at radius 2 is 1.71 bits per heavy atom. The van der Waals surface area contributed by atoms with Gasteiger partial charge in [0.25, 0.3) is 11.8 Å². The first kappa shape index (κ1) is 23.5. The molecule has 0 aliphatic heterocycles. The van der Waals surface area contributed by atoms with E-state index in [4.69, 9.17) is 13.9 Å². The van der Waals surface area contributed by atoms with E-state index in [0.717, 1.165) is 16.5 Å². The molecule has 0 aliphatic rings. The van der Waals surface area contributed by atoms with Gasteiger partial charge in [0.2, 0.25) is 0 Å². The van der Waals surface area contributed by atoms with Crippen molar-refractivity contribution in [2.75, 3.05) is 6.61 Å². The number of para-hydroxylation sites is 1. The number of fused-ring (bicyclic) bond motifs is 1. The molecule has 0 bridgehead atoms. The van der Waals surface area contributed by atoms with Crippen LogP contribution in [-0.4, -0.2) is 18.4 Å². The predicted molar refractivity (Wildman–Crippen MR) is 125 cm³/mol. The Morgan fingerprint density at radius 3 is 2.49 bits per heavy atom. The van der Waals surface area contributed by atoms with Crippen LogP contribution in [0.15, 0.2) is 82.0 Å². The Balaban J connectivity index is 1.27. The Hall–Kier alpha value is -4.66. The molecule has 0 aliphatic carbocycles. The van der Waals surface area contributed by atoms with E-state index < -0.39 is 29.9 Å². The summed E-state index contributed by atoms with van der Waals surface area (Å²) in [5.74, 6) is -1.29. The summed E-state index contributed by atoms with van der Waals surface area (Å²) in [5.41, 5.74) is 6.45. The predicted octanol–water partition coefficient (Wildman–Crippen LogP) is 3.66. The molecule has 0 atom stereocenters. The lowest BCUT2D eigenvalue weighted by Gasteiger charge is -2.10. The molecule has 3 aromatic carbocycles. The molecule has 2 N–H and O–H groups in total. The molecule has 0 saturated carbocycles. The minimum Gasteiger partial charge on any atom is -0.489 e. The summed E-state index contributed by atoms with van der Waals surface area (Å²) in [4.78, 5) is 35.7. The first-order valence-electron chi connectivity index (χ1n) is 10.6. The number of benzene rings is 3. The normalized spacial score (nSPS) is 10.6. The molecule has 9 heteroatoms. The van der Waals surface area contributed by atoms with Gasteiger partial charge in [0.1, 0.15) is 17.9 Å². The molecule has 2 amide bonds. The van der Waals surface area contributed by atoms with Crippen molar-refractivity contribution >= 4 is 22.8 Å². The van der Waals surface area contributed by atoms with Crippen LogP contribution in [0, 0.1) is 12.7 Å². The summed E-state index contributed by atoms with van der Waals surface area (Å²) in [5, 5.41) is 0.832. The average Bonchev–Trinajstić information content (AvgIpc) is 2.85. The van der Waals surface area contributed by atoms with Gasteiger partial charge in [-0.3, -0.25) is 20.4 Å². The number of amides is 2. The van der Waals surface area contributed by atoms with Crippen LogP contribution in [0.4, 0.5) is 4.39 Å². The molecule has 0 unspecified atom stereocenters. The molecule has 0 radical (unpaired) electrons. The highest BCUT2D eigenvalue weighted by Crippen LogP contribution is 2.23. The smallest absolute Gasteiger partial charge is 0.336 e. The summed E-state index contributed by atoms with van der Waals surface area (Å²) in [7, 11) is 0. The molecule has 1 aromatic heterocycles. The van der Waals surface area contributed by atoms with Crippen molar-refractivity contribution in [1.29, 1.82) is 0 Å². The maximum absolute atomic E-state index is 13.5. The number of aryl methyl sites for hydroxylation is 1. The van der Waals surface area contributed by atoms with Gasteiger partial charge in [-0.1, -0.05) is 24.3 Å². The van der Waals surface area contributed by atoms with E-state index >= 15 is 0 Å². The second-order valence-electron chi connectivity index (χ2n) is 7.61. The zero-order valence-electron chi connectivity index (χ0n) is 18.7. The second-order valence-corrected chi connectivity index (χ2v) is 7.61. The minimum absolute atomic E-state index is 0.0601. The van der Waals surface area contributed by atoms with E-state index in [9.17, 15) is 18.8 Å². The van der Waals surface area contributed by atoms with Crippen molar-refractivity contribution in [3.63, 3.8) is 0 Å². The summed E-state index contributed by atoms with van der Waals surface area (Å²) >= 11 is 0. The Morgan fingerprint density at radius 1 is 0.943 bits per heavy atom. The maximum atomic E-state index is 13.5. The van der Waals surface area contributed by atoms with Crippen LogP contribution in [-0.2, 0) is 11.4 Å². The van der Waals surface area contributed by atoms with E-state index in [1.807, 2.05) is 13.0 Å². The average molecular weight is 476 g/mol. The molecule has 4 rings (SSSR count). The van der Waals surface area contributed by atoms with E-state index in [2.05, 4.69) is 10.9 Å². The van der Waals surface area contributed by atoms with Crippen LogP contribution >= 0.6 is 0 Å². The summed E-state index contributed by atoms with van der Waals surface area (Å²) in [6.45, 7) is 1.60. The lowest BCUT2D eigenvalue weighted by atomic mass is 10.1. The second kappa shape index (κ2) is 10.5. The third-order valence-corrected chi connectivity index (χ3v) is 5.06. The first-order valence-corrected chi connectivity index (χ1v) is 10.6. The van der Waals surface area contributed by atoms with Gasteiger partial charge >= 0.3 is 5.63 Å². The van der Waals surface area contributed by atoms with Crippen LogP contribution in [0.5, 0.6) is 11.5 Å². The third kappa shape index (κ3) is 6.02. The van der Waals surface area contributed by atoms with E-state index in [-0.39, 0.29) is 12.4 Å². The van der Waals surface area contributed by atoms with Crippen molar-refractivity contribution in [2.45, 2.75) is 13.5 Å². The fourth-order valence-electron chi connectivity index (χ4n) is 3.25. The zero-order valence-corrected chi connectivity index (χ0v) is 18.7. The summed E-state index contributed by atoms with van der Waals surface area (Å²) in [6.07, 6.45) is 0. The highest BCUT2D eigenvalue weighted by Gasteiger charge is 2.10. The fraction of sp³-hybridized carbons (Fsp3) is 0.115. The number of nitrogens with one attached hydrogen (secondary N) is 2. The van der Waals surface area contributed by atoms with Crippen molar-refractivity contribution in [3.8, 4) is 11.5 Å². The Labute approximate surface area is 199 Å². The van der Waals surface area contributed by atoms with Gasteiger partial charge < -0.3 is 13.9 Å². The Kier molecular flexibility index (Phi) is 7.06. The number of carbonyl (C=O) groups excluding carboxylic acids is 2. The zero-order chi connectivity index (χ0) is 24.8. The number of ether oxygens (including phenoxy) is 2. The van der Waals surface area contributed by atoms with Crippen molar-refractivity contribution in [2.24, 2.45) is 0 Å². The molecule has 4 aromatic rings. The number of hydrazine groups is 1. The maximum Gasteiger partial charge on any atom is 0.336 e. The highest BCUT2D eigenvalue weighted by atomic mass is 19.1. The van der Waals surface area contributed by atoms with Gasteiger partial charge in [-0.2, -0.15) is 0 Å². The van der Waals surface area contributed by atoms with Gasteiger partial charge in [0.15, 0.2) is 18.2 Å². The monoisotopic (exact) mass is 476 g/mol. The first-order chi connectivity index (χ1) is 16.9. The molecular formula is C26H21FN2O6. The van der Waals surface area contributed by atoms with Crippen molar-refractivity contribution < 1.29 is 27.9 Å². The largest absolute Gasteiger partial charge is 0.489 e. The molecule has 0 spiro atoms. The van der Waals surface area contributed by atoms with Crippen LogP contribution in [0.3, 0.4) is 0 Å². The van der Waals surface area contributed by atoms with E-state index in [0.29, 0.717) is 16.9 Å². The number of hydrogen-bond acceptors (Lipinski definition) is 6. The van der Waals surface area contributed by atoms with Crippen molar-refractivity contribution in [1.82, 2.24) is 10.9 Å². The van der Waals surface area contributed by atoms with Gasteiger partial charge in [0.05, 0.1) is 0 Å². The third-order valence-electron chi connectivity index (χ3n) is 5.06. The Bertz CT molecular complexity index is 1430. The van der Waals surface area contributed by atoms with Gasteiger partial charge in [0, 0.05) is 23.1 Å². The quantitative estimate of drug-likeness (QED) is 0.312. The molecule has 0 saturated heterocycles.